The van der Waals surface area contributed by atoms with E-state index in [4.69, 9.17) is 4.74 Å². The molecule has 128 valence electrons. The summed E-state index contributed by atoms with van der Waals surface area (Å²) in [6.45, 7) is -0.204. The molecule has 2 heterocycles. The molecule has 1 aromatic carbocycles. The molecule has 2 aliphatic heterocycles. The number of aliphatic hydroxyl groups is 1. The van der Waals surface area contributed by atoms with Crippen LogP contribution < -0.4 is 17.0 Å². The molecular formula is C18H26BrNO3. The smallest absolute Gasteiger partial charge is 0.316 e. The van der Waals surface area contributed by atoms with Crippen molar-refractivity contribution in [2.24, 2.45) is 0 Å². The predicted octanol–water partition coefficient (Wildman–Crippen LogP) is -0.920. The van der Waals surface area contributed by atoms with Gasteiger partial charge in [0.05, 0.1) is 32.8 Å². The summed E-state index contributed by atoms with van der Waals surface area (Å²) in [5.74, 6) is -0.853. The lowest BCUT2D eigenvalue weighted by molar-refractivity contribution is -0.931. The standard InChI is InChI=1S/C18H26NO3.BrH/c1-19(2)14-8-9-15(19)11-16(10-14)22-18(21)17(12-20)13-6-4-3-5-7-13;/h3-7,14-17,20H,8-12H2,1-2H3;1H/q+1;/p-1. The number of nitrogens with zero attached hydrogens (tertiary/aromatic N) is 1. The fourth-order valence-corrected chi connectivity index (χ4v) is 4.17. The molecule has 0 radical (unpaired) electrons. The van der Waals surface area contributed by atoms with E-state index in [0.717, 1.165) is 22.9 Å². The first-order chi connectivity index (χ1) is 10.5. The Balaban J connectivity index is 0.00000192. The van der Waals surface area contributed by atoms with Crippen molar-refractivity contribution in [2.75, 3.05) is 20.7 Å². The summed E-state index contributed by atoms with van der Waals surface area (Å²) in [5.41, 5.74) is 0.824. The van der Waals surface area contributed by atoms with Gasteiger partial charge >= 0.3 is 5.97 Å². The van der Waals surface area contributed by atoms with E-state index in [-0.39, 0.29) is 35.7 Å². The van der Waals surface area contributed by atoms with E-state index < -0.39 is 5.92 Å². The second kappa shape index (κ2) is 7.32. The maximum atomic E-state index is 12.5. The van der Waals surface area contributed by atoms with E-state index in [0.29, 0.717) is 12.1 Å². The van der Waals surface area contributed by atoms with Crippen LogP contribution in [0.1, 0.15) is 37.2 Å². The van der Waals surface area contributed by atoms with Gasteiger partial charge in [0, 0.05) is 25.7 Å². The number of benzene rings is 1. The molecule has 0 aliphatic carbocycles. The van der Waals surface area contributed by atoms with Crippen molar-refractivity contribution in [1.82, 2.24) is 0 Å². The molecule has 3 rings (SSSR count). The molecule has 0 saturated carbocycles. The number of halogens is 1. The van der Waals surface area contributed by atoms with Crippen LogP contribution in [0.15, 0.2) is 30.3 Å². The zero-order chi connectivity index (χ0) is 15.7. The van der Waals surface area contributed by atoms with Crippen LogP contribution in [0.5, 0.6) is 0 Å². The van der Waals surface area contributed by atoms with Crippen molar-refractivity contribution in [3.05, 3.63) is 35.9 Å². The van der Waals surface area contributed by atoms with Gasteiger partial charge in [0.25, 0.3) is 0 Å². The van der Waals surface area contributed by atoms with E-state index >= 15 is 0 Å². The molecule has 0 amide bonds. The van der Waals surface area contributed by atoms with Crippen molar-refractivity contribution in [2.45, 2.75) is 49.8 Å². The summed E-state index contributed by atoms with van der Waals surface area (Å²) in [5, 5.41) is 9.57. The van der Waals surface area contributed by atoms with Crippen molar-refractivity contribution >= 4 is 5.97 Å². The second-order valence-corrected chi connectivity index (χ2v) is 7.19. The van der Waals surface area contributed by atoms with Gasteiger partial charge in [-0.1, -0.05) is 30.3 Å². The first-order valence-corrected chi connectivity index (χ1v) is 8.22. The van der Waals surface area contributed by atoms with Gasteiger partial charge in [-0.3, -0.25) is 4.79 Å². The van der Waals surface area contributed by atoms with E-state index in [1.54, 1.807) is 0 Å². The second-order valence-electron chi connectivity index (χ2n) is 7.19. The Morgan fingerprint density at radius 3 is 2.30 bits per heavy atom. The molecule has 3 unspecified atom stereocenters. The van der Waals surface area contributed by atoms with Gasteiger partial charge in [-0.15, -0.1) is 0 Å². The van der Waals surface area contributed by atoms with E-state index in [9.17, 15) is 9.90 Å². The van der Waals surface area contributed by atoms with E-state index in [1.165, 1.54) is 12.8 Å². The van der Waals surface area contributed by atoms with Gasteiger partial charge in [-0.2, -0.15) is 0 Å². The fourth-order valence-electron chi connectivity index (χ4n) is 4.17. The molecule has 2 fully saturated rings. The van der Waals surface area contributed by atoms with Crippen LogP contribution in [-0.2, 0) is 9.53 Å². The monoisotopic (exact) mass is 383 g/mol. The van der Waals surface area contributed by atoms with Crippen LogP contribution >= 0.6 is 0 Å². The molecule has 2 saturated heterocycles. The highest BCUT2D eigenvalue weighted by Crippen LogP contribution is 2.40. The van der Waals surface area contributed by atoms with Crippen LogP contribution in [0.25, 0.3) is 0 Å². The number of piperidine rings is 1. The Morgan fingerprint density at radius 1 is 1.22 bits per heavy atom. The number of carbonyl (C=O) groups excluding carboxylic acids is 1. The van der Waals surface area contributed by atoms with Crippen molar-refractivity contribution in [3.8, 4) is 0 Å². The largest absolute Gasteiger partial charge is 1.00 e. The number of carbonyl (C=O) groups is 1. The number of hydrogen-bond acceptors (Lipinski definition) is 3. The molecule has 0 spiro atoms. The van der Waals surface area contributed by atoms with Gasteiger partial charge in [-0.25, -0.2) is 0 Å². The normalized spacial score (nSPS) is 29.4. The van der Waals surface area contributed by atoms with E-state index in [1.807, 2.05) is 30.3 Å². The summed E-state index contributed by atoms with van der Waals surface area (Å²) < 4.78 is 6.83. The number of ether oxygens (including phenoxy) is 1. The zero-order valence-corrected chi connectivity index (χ0v) is 15.4. The van der Waals surface area contributed by atoms with Gasteiger partial charge < -0.3 is 31.3 Å². The highest BCUT2D eigenvalue weighted by Gasteiger charge is 2.50. The van der Waals surface area contributed by atoms with Crippen molar-refractivity contribution < 1.29 is 36.1 Å². The lowest BCUT2D eigenvalue weighted by atomic mass is 9.96. The maximum Gasteiger partial charge on any atom is 0.316 e. The van der Waals surface area contributed by atoms with Gasteiger partial charge in [-0.05, 0) is 5.56 Å². The minimum absolute atomic E-state index is 0. The molecule has 3 atom stereocenters. The molecule has 2 bridgehead atoms. The molecule has 4 nitrogen and oxygen atoms in total. The minimum Gasteiger partial charge on any atom is -1.00 e. The number of aliphatic hydroxyl groups excluding tert-OH is 1. The fraction of sp³-hybridized carbons (Fsp3) is 0.611. The average Bonchev–Trinajstić information content (AvgIpc) is 2.68. The summed E-state index contributed by atoms with van der Waals surface area (Å²) in [6.07, 6.45) is 4.36. The van der Waals surface area contributed by atoms with Gasteiger partial charge in [0.1, 0.15) is 12.0 Å². The zero-order valence-electron chi connectivity index (χ0n) is 13.8. The number of rotatable bonds is 4. The Kier molecular flexibility index (Phi) is 5.87. The van der Waals surface area contributed by atoms with Crippen LogP contribution in [0.4, 0.5) is 0 Å². The van der Waals surface area contributed by atoms with E-state index in [2.05, 4.69) is 14.1 Å². The molecule has 5 heteroatoms. The lowest BCUT2D eigenvalue weighted by Gasteiger charge is -2.44. The number of quaternary nitrogens is 1. The van der Waals surface area contributed by atoms with Crippen LogP contribution in [0.3, 0.4) is 0 Å². The molecule has 0 aromatic heterocycles. The molecule has 2 aliphatic rings. The number of esters is 1. The summed E-state index contributed by atoms with van der Waals surface area (Å²) >= 11 is 0. The molecule has 1 N–H and O–H groups in total. The third-order valence-electron chi connectivity index (χ3n) is 5.74. The van der Waals surface area contributed by atoms with Crippen LogP contribution in [0.2, 0.25) is 0 Å². The van der Waals surface area contributed by atoms with Crippen molar-refractivity contribution in [1.29, 1.82) is 0 Å². The highest BCUT2D eigenvalue weighted by molar-refractivity contribution is 5.78. The third-order valence-corrected chi connectivity index (χ3v) is 5.74. The summed E-state index contributed by atoms with van der Waals surface area (Å²) in [6, 6.07) is 10.6. The van der Waals surface area contributed by atoms with Gasteiger partial charge in [0.2, 0.25) is 0 Å². The van der Waals surface area contributed by atoms with Crippen molar-refractivity contribution in [3.63, 3.8) is 0 Å². The Hall–Kier alpha value is -0.910. The number of fused-ring (bicyclic) bond motifs is 2. The summed E-state index contributed by atoms with van der Waals surface area (Å²) in [4.78, 5) is 12.5. The molecule has 1 aromatic rings. The minimum atomic E-state index is -0.566. The average molecular weight is 384 g/mol. The molecule has 23 heavy (non-hydrogen) atoms. The van der Waals surface area contributed by atoms with Gasteiger partial charge in [0.15, 0.2) is 0 Å². The Labute approximate surface area is 148 Å². The summed E-state index contributed by atoms with van der Waals surface area (Å²) in [7, 11) is 4.59. The highest BCUT2D eigenvalue weighted by atomic mass is 79.9. The molecular weight excluding hydrogens is 358 g/mol. The first kappa shape index (κ1) is 18.4. The Bertz CT molecular complexity index is 518. The van der Waals surface area contributed by atoms with Crippen LogP contribution in [0, 0.1) is 0 Å². The predicted molar refractivity (Wildman–Crippen MR) is 84.3 cm³/mol. The van der Waals surface area contributed by atoms with Crippen LogP contribution in [-0.4, -0.2) is 54.4 Å². The Morgan fingerprint density at radius 2 is 1.78 bits per heavy atom. The third kappa shape index (κ3) is 3.62. The number of hydrogen-bond donors (Lipinski definition) is 1. The topological polar surface area (TPSA) is 46.5 Å². The first-order valence-electron chi connectivity index (χ1n) is 8.22. The quantitative estimate of drug-likeness (QED) is 0.540. The maximum absolute atomic E-state index is 12.5. The SMILES string of the molecule is C[N+]1(C)C2CCC1CC(OC(=O)C(CO)c1ccccc1)C2.[Br-]. The lowest BCUT2D eigenvalue weighted by Crippen LogP contribution is -3.00.